The number of hydrogen-bond acceptors (Lipinski definition) is 3. The molecule has 3 nitrogen and oxygen atoms in total. The number of aromatic nitrogens is 1. The van der Waals surface area contributed by atoms with Crippen LogP contribution in [0.2, 0.25) is 0 Å². The lowest BCUT2D eigenvalue weighted by atomic mass is 10.1. The van der Waals surface area contributed by atoms with E-state index in [4.69, 9.17) is 0 Å². The number of carbonyl (C=O) groups is 1. The van der Waals surface area contributed by atoms with Gasteiger partial charge in [0.2, 0.25) is 5.91 Å². The lowest BCUT2D eigenvalue weighted by Crippen LogP contribution is -2.27. The molecule has 0 spiro atoms. The summed E-state index contributed by atoms with van der Waals surface area (Å²) in [6, 6.07) is 10.3. The van der Waals surface area contributed by atoms with Crippen LogP contribution >= 0.6 is 12.6 Å². The van der Waals surface area contributed by atoms with Crippen molar-refractivity contribution < 1.29 is 4.79 Å². The Labute approximate surface area is 118 Å². The van der Waals surface area contributed by atoms with Crippen molar-refractivity contribution in [2.24, 2.45) is 0 Å². The van der Waals surface area contributed by atoms with Gasteiger partial charge < -0.3 is 4.90 Å². The van der Waals surface area contributed by atoms with Crippen LogP contribution in [0.5, 0.6) is 0 Å². The molecule has 0 radical (unpaired) electrons. The normalized spacial score (nSPS) is 19.3. The highest BCUT2D eigenvalue weighted by Crippen LogP contribution is 2.18. The van der Waals surface area contributed by atoms with Gasteiger partial charge in [0.25, 0.3) is 0 Å². The lowest BCUT2D eigenvalue weighted by Gasteiger charge is -2.15. The molecule has 0 saturated carbocycles. The van der Waals surface area contributed by atoms with Crippen molar-refractivity contribution in [1.29, 1.82) is 0 Å². The number of likely N-dealkylation sites (tertiary alicyclic amines) is 1. The minimum atomic E-state index is 0.202. The molecule has 1 atom stereocenters. The Bertz CT molecular complexity index is 614. The van der Waals surface area contributed by atoms with Gasteiger partial charge in [-0.1, -0.05) is 12.1 Å². The number of benzene rings is 1. The van der Waals surface area contributed by atoms with Crippen molar-refractivity contribution in [3.05, 3.63) is 42.1 Å². The van der Waals surface area contributed by atoms with Crippen molar-refractivity contribution >= 4 is 29.4 Å². The first kappa shape index (κ1) is 12.5. The number of hydrogen-bond donors (Lipinski definition) is 1. The van der Waals surface area contributed by atoms with Gasteiger partial charge in [-0.2, -0.15) is 12.6 Å². The summed E-state index contributed by atoms with van der Waals surface area (Å²) in [6.45, 7) is 1.55. The highest BCUT2D eigenvalue weighted by Gasteiger charge is 2.26. The molecule has 98 valence electrons. The van der Waals surface area contributed by atoms with E-state index in [1.54, 1.807) is 6.20 Å². The summed E-state index contributed by atoms with van der Waals surface area (Å²) in [5.41, 5.74) is 2.26. The van der Waals surface area contributed by atoms with Crippen LogP contribution in [0.1, 0.15) is 12.0 Å². The SMILES string of the molecule is O=C1CC(S)CN1CCc1ccc2ncccc2c1. The predicted molar refractivity (Wildman–Crippen MR) is 79.4 cm³/mol. The van der Waals surface area contributed by atoms with Gasteiger partial charge in [0.1, 0.15) is 0 Å². The molecule has 1 unspecified atom stereocenters. The first-order valence-corrected chi connectivity index (χ1v) is 7.03. The molecular weight excluding hydrogens is 256 g/mol. The Morgan fingerprint density at radius 2 is 2.26 bits per heavy atom. The predicted octanol–water partition coefficient (Wildman–Crippen LogP) is 2.31. The van der Waals surface area contributed by atoms with E-state index in [-0.39, 0.29) is 11.2 Å². The van der Waals surface area contributed by atoms with E-state index < -0.39 is 0 Å². The molecule has 2 aromatic rings. The summed E-state index contributed by atoms with van der Waals surface area (Å²) < 4.78 is 0. The van der Waals surface area contributed by atoms with Gasteiger partial charge in [-0.3, -0.25) is 9.78 Å². The maximum atomic E-state index is 11.7. The van der Waals surface area contributed by atoms with Crippen molar-refractivity contribution in [2.45, 2.75) is 18.1 Å². The molecule has 1 aromatic carbocycles. The summed E-state index contributed by atoms with van der Waals surface area (Å²) in [4.78, 5) is 17.9. The Balaban J connectivity index is 1.70. The van der Waals surface area contributed by atoms with Gasteiger partial charge in [-0.25, -0.2) is 0 Å². The zero-order valence-electron chi connectivity index (χ0n) is 10.6. The van der Waals surface area contributed by atoms with Crippen LogP contribution in [0.25, 0.3) is 10.9 Å². The van der Waals surface area contributed by atoms with Crippen molar-refractivity contribution in [1.82, 2.24) is 9.88 Å². The summed E-state index contributed by atoms with van der Waals surface area (Å²) in [6.07, 6.45) is 3.26. The van der Waals surface area contributed by atoms with Crippen molar-refractivity contribution in [3.8, 4) is 0 Å². The molecular formula is C15H16N2OS. The topological polar surface area (TPSA) is 33.2 Å². The van der Waals surface area contributed by atoms with Crippen LogP contribution in [0.15, 0.2) is 36.5 Å². The molecule has 1 aliphatic heterocycles. The molecule has 2 heterocycles. The number of fused-ring (bicyclic) bond motifs is 1. The monoisotopic (exact) mass is 272 g/mol. The number of nitrogens with zero attached hydrogens (tertiary/aromatic N) is 2. The standard InChI is InChI=1S/C15H16N2OS/c18-15-9-13(19)10-17(15)7-5-11-3-4-14-12(8-11)2-1-6-16-14/h1-4,6,8,13,19H,5,7,9-10H2. The molecule has 0 bridgehead atoms. The highest BCUT2D eigenvalue weighted by molar-refractivity contribution is 7.81. The van der Waals surface area contributed by atoms with Crippen molar-refractivity contribution in [3.63, 3.8) is 0 Å². The molecule has 1 aromatic heterocycles. The maximum Gasteiger partial charge on any atom is 0.223 e. The number of carbonyl (C=O) groups excluding carboxylic acids is 1. The molecule has 1 fully saturated rings. The quantitative estimate of drug-likeness (QED) is 0.870. The van der Waals surface area contributed by atoms with Gasteiger partial charge in [-0.05, 0) is 30.2 Å². The van der Waals surface area contributed by atoms with E-state index in [1.165, 1.54) is 5.56 Å². The first-order chi connectivity index (χ1) is 9.22. The summed E-state index contributed by atoms with van der Waals surface area (Å²) in [5, 5.41) is 1.35. The minimum absolute atomic E-state index is 0.202. The molecule has 1 amide bonds. The second-order valence-electron chi connectivity index (χ2n) is 4.98. The Kier molecular flexibility index (Phi) is 3.42. The largest absolute Gasteiger partial charge is 0.341 e. The average Bonchev–Trinajstić information content (AvgIpc) is 2.74. The molecule has 4 heteroatoms. The molecule has 19 heavy (non-hydrogen) atoms. The Hall–Kier alpha value is -1.55. The van der Waals surface area contributed by atoms with Crippen LogP contribution in [0, 0.1) is 0 Å². The van der Waals surface area contributed by atoms with Gasteiger partial charge in [0.15, 0.2) is 0 Å². The Morgan fingerprint density at radius 3 is 3.05 bits per heavy atom. The van der Waals surface area contributed by atoms with Crippen LogP contribution in [0.4, 0.5) is 0 Å². The lowest BCUT2D eigenvalue weighted by molar-refractivity contribution is -0.127. The van der Waals surface area contributed by atoms with Gasteiger partial charge in [0, 0.05) is 36.3 Å². The van der Waals surface area contributed by atoms with E-state index in [9.17, 15) is 4.79 Å². The molecule has 1 saturated heterocycles. The van der Waals surface area contributed by atoms with E-state index >= 15 is 0 Å². The van der Waals surface area contributed by atoms with Gasteiger partial charge >= 0.3 is 0 Å². The van der Waals surface area contributed by atoms with Crippen LogP contribution in [0.3, 0.4) is 0 Å². The fraction of sp³-hybridized carbons (Fsp3) is 0.333. The van der Waals surface area contributed by atoms with Crippen molar-refractivity contribution in [2.75, 3.05) is 13.1 Å². The van der Waals surface area contributed by atoms with Gasteiger partial charge in [0.05, 0.1) is 5.52 Å². The number of thiol groups is 1. The Morgan fingerprint density at radius 1 is 1.37 bits per heavy atom. The number of rotatable bonds is 3. The number of pyridine rings is 1. The van der Waals surface area contributed by atoms with Crippen LogP contribution in [-0.2, 0) is 11.2 Å². The average molecular weight is 272 g/mol. The minimum Gasteiger partial charge on any atom is -0.341 e. The van der Waals surface area contributed by atoms with E-state index in [0.717, 1.165) is 30.4 Å². The second kappa shape index (κ2) is 5.21. The number of amides is 1. The van der Waals surface area contributed by atoms with Crippen LogP contribution in [-0.4, -0.2) is 34.1 Å². The zero-order chi connectivity index (χ0) is 13.2. The first-order valence-electron chi connectivity index (χ1n) is 6.52. The summed E-state index contributed by atoms with van der Waals surface area (Å²) >= 11 is 4.37. The van der Waals surface area contributed by atoms with Gasteiger partial charge in [-0.15, -0.1) is 0 Å². The zero-order valence-corrected chi connectivity index (χ0v) is 11.5. The third-order valence-electron chi connectivity index (χ3n) is 3.53. The summed E-state index contributed by atoms with van der Waals surface area (Å²) in [5.74, 6) is 0.224. The molecule has 0 aliphatic carbocycles. The second-order valence-corrected chi connectivity index (χ2v) is 5.71. The maximum absolute atomic E-state index is 11.7. The fourth-order valence-electron chi connectivity index (χ4n) is 2.51. The molecule has 0 N–H and O–H groups in total. The molecule has 1 aliphatic rings. The fourth-order valence-corrected chi connectivity index (χ4v) is 2.87. The highest BCUT2D eigenvalue weighted by atomic mass is 32.1. The third-order valence-corrected chi connectivity index (χ3v) is 3.88. The van der Waals surface area contributed by atoms with E-state index in [1.807, 2.05) is 17.0 Å². The van der Waals surface area contributed by atoms with E-state index in [2.05, 4.69) is 35.8 Å². The van der Waals surface area contributed by atoms with Crippen LogP contribution < -0.4 is 0 Å². The summed E-state index contributed by atoms with van der Waals surface area (Å²) in [7, 11) is 0. The third kappa shape index (κ3) is 2.73. The van der Waals surface area contributed by atoms with E-state index in [0.29, 0.717) is 6.42 Å². The molecule has 3 rings (SSSR count). The smallest absolute Gasteiger partial charge is 0.223 e.